The van der Waals surface area contributed by atoms with Gasteiger partial charge in [-0.2, -0.15) is 5.06 Å². The number of hydroxylamine groups is 2. The van der Waals surface area contributed by atoms with Gasteiger partial charge in [-0.3, -0.25) is 0 Å². The zero-order valence-electron chi connectivity index (χ0n) is 6.89. The molecule has 0 unspecified atom stereocenters. The molecule has 1 aromatic rings. The Hall–Kier alpha value is -1.07. The largest absolute Gasteiger partial charge is 0.314 e. The molecule has 0 radical (unpaired) electrons. The SMILES string of the molecule is CN(O)Cc1c(F)cc(F)cc1F. The van der Waals surface area contributed by atoms with Crippen LogP contribution in [0.4, 0.5) is 13.2 Å². The fourth-order valence-corrected chi connectivity index (χ4v) is 0.952. The first-order chi connectivity index (χ1) is 6.00. The molecule has 0 aromatic heterocycles. The topological polar surface area (TPSA) is 23.5 Å². The van der Waals surface area contributed by atoms with Gasteiger partial charge in [0, 0.05) is 24.7 Å². The summed E-state index contributed by atoms with van der Waals surface area (Å²) in [4.78, 5) is 0. The molecule has 13 heavy (non-hydrogen) atoms. The summed E-state index contributed by atoms with van der Waals surface area (Å²) in [5.74, 6) is -2.98. The third kappa shape index (κ3) is 2.43. The summed E-state index contributed by atoms with van der Waals surface area (Å²) >= 11 is 0. The standard InChI is InChI=1S/C8H8F3NO/c1-12(13)4-6-7(10)2-5(9)3-8(6)11/h2-3,13H,4H2,1H3. The molecule has 0 spiro atoms. The van der Waals surface area contributed by atoms with E-state index in [0.29, 0.717) is 17.2 Å². The average molecular weight is 191 g/mol. The molecule has 0 bridgehead atoms. The first-order valence-corrected chi connectivity index (χ1v) is 3.54. The van der Waals surface area contributed by atoms with E-state index in [0.717, 1.165) is 0 Å². The third-order valence-electron chi connectivity index (χ3n) is 1.49. The molecule has 0 aliphatic heterocycles. The van der Waals surface area contributed by atoms with Crippen LogP contribution in [0.2, 0.25) is 0 Å². The van der Waals surface area contributed by atoms with Crippen LogP contribution < -0.4 is 0 Å². The summed E-state index contributed by atoms with van der Waals surface area (Å²) in [5.41, 5.74) is -0.355. The van der Waals surface area contributed by atoms with E-state index in [2.05, 4.69) is 0 Å². The highest BCUT2D eigenvalue weighted by molar-refractivity contribution is 5.20. The molecule has 1 aromatic carbocycles. The Morgan fingerprint density at radius 2 is 1.69 bits per heavy atom. The summed E-state index contributed by atoms with van der Waals surface area (Å²) in [6, 6.07) is 1.14. The van der Waals surface area contributed by atoms with Crippen molar-refractivity contribution in [1.82, 2.24) is 5.06 Å². The van der Waals surface area contributed by atoms with Crippen molar-refractivity contribution in [3.63, 3.8) is 0 Å². The molecule has 1 rings (SSSR count). The summed E-state index contributed by atoms with van der Waals surface area (Å²) in [6.45, 7) is -0.321. The van der Waals surface area contributed by atoms with E-state index in [4.69, 9.17) is 5.21 Å². The summed E-state index contributed by atoms with van der Waals surface area (Å²) in [6.07, 6.45) is 0. The second kappa shape index (κ2) is 3.76. The lowest BCUT2D eigenvalue weighted by Gasteiger charge is -2.09. The van der Waals surface area contributed by atoms with Crippen molar-refractivity contribution in [2.75, 3.05) is 7.05 Å². The molecule has 2 nitrogen and oxygen atoms in total. The van der Waals surface area contributed by atoms with E-state index in [1.807, 2.05) is 0 Å². The van der Waals surface area contributed by atoms with Gasteiger partial charge < -0.3 is 5.21 Å². The van der Waals surface area contributed by atoms with Gasteiger partial charge in [-0.15, -0.1) is 0 Å². The lowest BCUT2D eigenvalue weighted by molar-refractivity contribution is -0.0746. The van der Waals surface area contributed by atoms with Crippen molar-refractivity contribution in [3.8, 4) is 0 Å². The Morgan fingerprint density at radius 1 is 1.23 bits per heavy atom. The average Bonchev–Trinajstić information content (AvgIpc) is 1.96. The van der Waals surface area contributed by atoms with Gasteiger partial charge in [0.1, 0.15) is 17.5 Å². The van der Waals surface area contributed by atoms with Crippen molar-refractivity contribution in [2.24, 2.45) is 0 Å². The first kappa shape index (κ1) is 10.0. The lowest BCUT2D eigenvalue weighted by Crippen LogP contribution is -2.14. The minimum Gasteiger partial charge on any atom is -0.314 e. The fourth-order valence-electron chi connectivity index (χ4n) is 0.952. The van der Waals surface area contributed by atoms with Gasteiger partial charge in [0.05, 0.1) is 6.54 Å². The lowest BCUT2D eigenvalue weighted by atomic mass is 10.2. The summed E-state index contributed by atoms with van der Waals surface area (Å²) in [5, 5.41) is 9.34. The van der Waals surface area contributed by atoms with Gasteiger partial charge in [-0.05, 0) is 0 Å². The van der Waals surface area contributed by atoms with Crippen molar-refractivity contribution in [2.45, 2.75) is 6.54 Å². The monoisotopic (exact) mass is 191 g/mol. The zero-order valence-corrected chi connectivity index (χ0v) is 6.89. The molecule has 0 atom stereocenters. The van der Waals surface area contributed by atoms with E-state index >= 15 is 0 Å². The quantitative estimate of drug-likeness (QED) is 0.722. The molecule has 5 heteroatoms. The normalized spacial score (nSPS) is 10.9. The number of rotatable bonds is 2. The van der Waals surface area contributed by atoms with Crippen LogP contribution in [0.3, 0.4) is 0 Å². The van der Waals surface area contributed by atoms with E-state index in [9.17, 15) is 13.2 Å². The van der Waals surface area contributed by atoms with Crippen LogP contribution in [0.15, 0.2) is 12.1 Å². The number of hydrogen-bond acceptors (Lipinski definition) is 2. The minimum absolute atomic E-state index is 0.321. The Bertz CT molecular complexity index is 291. The van der Waals surface area contributed by atoms with E-state index in [1.165, 1.54) is 7.05 Å². The molecule has 0 aliphatic rings. The Kier molecular flexibility index (Phi) is 2.90. The Balaban J connectivity index is 3.06. The van der Waals surface area contributed by atoms with Gasteiger partial charge in [0.2, 0.25) is 0 Å². The molecule has 0 saturated heterocycles. The highest BCUT2D eigenvalue weighted by atomic mass is 19.1. The van der Waals surface area contributed by atoms with Crippen LogP contribution in [-0.4, -0.2) is 17.3 Å². The highest BCUT2D eigenvalue weighted by Crippen LogP contribution is 2.15. The third-order valence-corrected chi connectivity index (χ3v) is 1.49. The molecule has 1 N–H and O–H groups in total. The van der Waals surface area contributed by atoms with Crippen LogP contribution >= 0.6 is 0 Å². The highest BCUT2D eigenvalue weighted by Gasteiger charge is 2.12. The van der Waals surface area contributed by atoms with Crippen LogP contribution in [0.25, 0.3) is 0 Å². The van der Waals surface area contributed by atoms with E-state index in [-0.39, 0.29) is 12.1 Å². The molecular weight excluding hydrogens is 183 g/mol. The smallest absolute Gasteiger partial charge is 0.133 e. The van der Waals surface area contributed by atoms with Crippen LogP contribution in [0.1, 0.15) is 5.56 Å². The van der Waals surface area contributed by atoms with Gasteiger partial charge >= 0.3 is 0 Å². The maximum Gasteiger partial charge on any atom is 0.133 e. The number of nitrogens with zero attached hydrogens (tertiary/aromatic N) is 1. The Morgan fingerprint density at radius 3 is 2.08 bits per heavy atom. The summed E-state index contributed by atoms with van der Waals surface area (Å²) < 4.78 is 38.1. The van der Waals surface area contributed by atoms with Gasteiger partial charge in [0.15, 0.2) is 0 Å². The van der Waals surface area contributed by atoms with E-state index in [1.54, 1.807) is 0 Å². The molecule has 0 saturated carbocycles. The Labute approximate surface area is 73.2 Å². The van der Waals surface area contributed by atoms with Crippen LogP contribution in [0.5, 0.6) is 0 Å². The second-order valence-corrected chi connectivity index (χ2v) is 2.66. The van der Waals surface area contributed by atoms with Crippen LogP contribution in [0, 0.1) is 17.5 Å². The van der Waals surface area contributed by atoms with Crippen molar-refractivity contribution in [3.05, 3.63) is 35.1 Å². The molecule has 0 heterocycles. The fraction of sp³-hybridized carbons (Fsp3) is 0.250. The van der Waals surface area contributed by atoms with Crippen molar-refractivity contribution < 1.29 is 18.4 Å². The molecule has 72 valence electrons. The number of hydrogen-bond donors (Lipinski definition) is 1. The molecular formula is C8H8F3NO. The maximum absolute atomic E-state index is 12.9. The van der Waals surface area contributed by atoms with Gasteiger partial charge in [0.25, 0.3) is 0 Å². The number of benzene rings is 1. The molecule has 0 amide bonds. The van der Waals surface area contributed by atoms with Gasteiger partial charge in [-0.1, -0.05) is 0 Å². The predicted octanol–water partition coefficient (Wildman–Crippen LogP) is 1.92. The first-order valence-electron chi connectivity index (χ1n) is 3.54. The summed E-state index contributed by atoms with van der Waals surface area (Å²) in [7, 11) is 1.24. The molecule has 0 aliphatic carbocycles. The molecule has 0 fully saturated rings. The predicted molar refractivity (Wildman–Crippen MR) is 39.6 cm³/mol. The minimum atomic E-state index is -1.00. The second-order valence-electron chi connectivity index (χ2n) is 2.66. The number of halogens is 3. The maximum atomic E-state index is 12.9. The van der Waals surface area contributed by atoms with Crippen molar-refractivity contribution in [1.29, 1.82) is 0 Å². The van der Waals surface area contributed by atoms with E-state index < -0.39 is 17.5 Å². The van der Waals surface area contributed by atoms with Crippen LogP contribution in [-0.2, 0) is 6.54 Å². The van der Waals surface area contributed by atoms with Crippen molar-refractivity contribution >= 4 is 0 Å². The zero-order chi connectivity index (χ0) is 10.0. The van der Waals surface area contributed by atoms with Gasteiger partial charge in [-0.25, -0.2) is 13.2 Å².